The van der Waals surface area contributed by atoms with Crippen molar-refractivity contribution < 1.29 is 13.6 Å². The molecule has 0 bridgehead atoms. The minimum atomic E-state index is -0.668. The van der Waals surface area contributed by atoms with Crippen molar-refractivity contribution in [3.05, 3.63) is 65.5 Å². The summed E-state index contributed by atoms with van der Waals surface area (Å²) in [6.07, 6.45) is 2.34. The van der Waals surface area contributed by atoms with Crippen LogP contribution in [0.5, 0.6) is 0 Å². The van der Waals surface area contributed by atoms with E-state index in [0.29, 0.717) is 5.56 Å². The quantitative estimate of drug-likeness (QED) is 0.852. The maximum Gasteiger partial charge on any atom is 0.256 e. The first-order valence-electron chi connectivity index (χ1n) is 5.67. The fourth-order valence-corrected chi connectivity index (χ4v) is 1.74. The molecule has 2 aromatic rings. The number of benzene rings is 1. The first-order chi connectivity index (χ1) is 9.08. The van der Waals surface area contributed by atoms with E-state index in [9.17, 15) is 13.6 Å². The first kappa shape index (κ1) is 13.1. The summed E-state index contributed by atoms with van der Waals surface area (Å²) in [4.78, 5) is 16.9. The van der Waals surface area contributed by atoms with Crippen LogP contribution >= 0.6 is 0 Å². The number of carbonyl (C=O) groups excluding carboxylic acids is 1. The van der Waals surface area contributed by atoms with Crippen molar-refractivity contribution in [2.24, 2.45) is 0 Å². The van der Waals surface area contributed by atoms with Crippen LogP contribution in [0.1, 0.15) is 15.9 Å². The highest BCUT2D eigenvalue weighted by Crippen LogP contribution is 2.11. The van der Waals surface area contributed by atoms with Gasteiger partial charge in [-0.25, -0.2) is 8.78 Å². The van der Waals surface area contributed by atoms with Gasteiger partial charge in [0.05, 0.1) is 11.8 Å². The summed E-state index contributed by atoms with van der Waals surface area (Å²) in [5.74, 6) is -1.50. The lowest BCUT2D eigenvalue weighted by atomic mass is 10.2. The van der Waals surface area contributed by atoms with Crippen molar-refractivity contribution in [1.29, 1.82) is 0 Å². The normalized spacial score (nSPS) is 10.3. The third kappa shape index (κ3) is 3.13. The molecule has 1 amide bonds. The zero-order valence-corrected chi connectivity index (χ0v) is 10.3. The van der Waals surface area contributed by atoms with Crippen LogP contribution in [-0.2, 0) is 6.54 Å². The zero-order valence-electron chi connectivity index (χ0n) is 10.3. The molecule has 0 atom stereocenters. The molecule has 5 heteroatoms. The Hall–Kier alpha value is -2.30. The molecular formula is C14H12F2N2O. The molecule has 0 aliphatic rings. The number of hydrogen-bond donors (Lipinski definition) is 0. The van der Waals surface area contributed by atoms with Gasteiger partial charge in [0.1, 0.15) is 5.82 Å². The molecule has 0 fully saturated rings. The topological polar surface area (TPSA) is 33.2 Å². The molecule has 0 spiro atoms. The predicted octanol–water partition coefficient (Wildman–Crippen LogP) is 2.63. The van der Waals surface area contributed by atoms with Gasteiger partial charge >= 0.3 is 0 Å². The Kier molecular flexibility index (Phi) is 3.85. The summed E-state index contributed by atoms with van der Waals surface area (Å²) in [6.45, 7) is 0.207. The number of pyridine rings is 1. The van der Waals surface area contributed by atoms with Gasteiger partial charge in [-0.3, -0.25) is 9.78 Å². The van der Waals surface area contributed by atoms with E-state index in [4.69, 9.17) is 0 Å². The average molecular weight is 262 g/mol. The number of nitrogens with zero attached hydrogens (tertiary/aromatic N) is 2. The smallest absolute Gasteiger partial charge is 0.256 e. The van der Waals surface area contributed by atoms with Crippen LogP contribution in [0.3, 0.4) is 0 Å². The first-order valence-corrected chi connectivity index (χ1v) is 5.67. The molecule has 1 aromatic carbocycles. The second-order valence-electron chi connectivity index (χ2n) is 4.15. The Morgan fingerprint density at radius 3 is 2.79 bits per heavy atom. The lowest BCUT2D eigenvalue weighted by Crippen LogP contribution is -2.27. The molecule has 0 saturated carbocycles. The Bertz CT molecular complexity index is 602. The van der Waals surface area contributed by atoms with Crippen molar-refractivity contribution in [2.45, 2.75) is 6.54 Å². The lowest BCUT2D eigenvalue weighted by Gasteiger charge is -2.17. The van der Waals surface area contributed by atoms with Gasteiger partial charge < -0.3 is 4.90 Å². The number of hydrogen-bond acceptors (Lipinski definition) is 2. The molecular weight excluding hydrogens is 250 g/mol. The molecule has 98 valence electrons. The molecule has 0 N–H and O–H groups in total. The summed E-state index contributed by atoms with van der Waals surface area (Å²) < 4.78 is 26.5. The minimum absolute atomic E-state index is 0.0473. The highest BCUT2D eigenvalue weighted by atomic mass is 19.1. The second kappa shape index (κ2) is 5.56. The fraction of sp³-hybridized carbons (Fsp3) is 0.143. The third-order valence-electron chi connectivity index (χ3n) is 2.66. The van der Waals surface area contributed by atoms with E-state index in [0.717, 1.165) is 6.20 Å². The van der Waals surface area contributed by atoms with Crippen molar-refractivity contribution in [3.8, 4) is 0 Å². The molecule has 0 aliphatic heterocycles. The highest BCUT2D eigenvalue weighted by molar-refractivity contribution is 5.94. The van der Waals surface area contributed by atoms with Gasteiger partial charge in [-0.05, 0) is 23.8 Å². The van der Waals surface area contributed by atoms with E-state index < -0.39 is 11.7 Å². The Balaban J connectivity index is 2.14. The Morgan fingerprint density at radius 2 is 2.11 bits per heavy atom. The van der Waals surface area contributed by atoms with E-state index in [1.165, 1.54) is 36.3 Å². The van der Waals surface area contributed by atoms with Gasteiger partial charge in [0, 0.05) is 19.8 Å². The molecule has 0 saturated heterocycles. The van der Waals surface area contributed by atoms with Crippen LogP contribution in [0.2, 0.25) is 0 Å². The average Bonchev–Trinajstić information content (AvgIpc) is 2.38. The van der Waals surface area contributed by atoms with Crippen LogP contribution in [0.25, 0.3) is 0 Å². The Labute approximate surface area is 109 Å². The molecule has 2 rings (SSSR count). The summed E-state index contributed by atoms with van der Waals surface area (Å²) in [5, 5.41) is 0. The minimum Gasteiger partial charge on any atom is -0.337 e. The lowest BCUT2D eigenvalue weighted by molar-refractivity contribution is 0.0780. The molecule has 3 nitrogen and oxygen atoms in total. The van der Waals surface area contributed by atoms with Gasteiger partial charge in [-0.15, -0.1) is 0 Å². The number of halogens is 2. The SMILES string of the molecule is CN(Cc1cccc(F)c1)C(=O)c1ccncc1F. The van der Waals surface area contributed by atoms with Crippen LogP contribution in [0.4, 0.5) is 8.78 Å². The highest BCUT2D eigenvalue weighted by Gasteiger charge is 2.16. The van der Waals surface area contributed by atoms with Crippen molar-refractivity contribution >= 4 is 5.91 Å². The van der Waals surface area contributed by atoms with E-state index in [2.05, 4.69) is 4.98 Å². The molecule has 1 heterocycles. The van der Waals surface area contributed by atoms with Crippen molar-refractivity contribution in [1.82, 2.24) is 9.88 Å². The van der Waals surface area contributed by atoms with Gasteiger partial charge in [0.15, 0.2) is 5.82 Å². The van der Waals surface area contributed by atoms with Gasteiger partial charge in [-0.2, -0.15) is 0 Å². The predicted molar refractivity (Wildman–Crippen MR) is 66.4 cm³/mol. The number of amides is 1. The Morgan fingerprint density at radius 1 is 1.32 bits per heavy atom. The zero-order chi connectivity index (χ0) is 13.8. The van der Waals surface area contributed by atoms with E-state index >= 15 is 0 Å². The molecule has 0 unspecified atom stereocenters. The molecule has 19 heavy (non-hydrogen) atoms. The van der Waals surface area contributed by atoms with Crippen molar-refractivity contribution in [2.75, 3.05) is 7.05 Å². The van der Waals surface area contributed by atoms with Gasteiger partial charge in [0.2, 0.25) is 0 Å². The fourth-order valence-electron chi connectivity index (χ4n) is 1.74. The number of aromatic nitrogens is 1. The van der Waals surface area contributed by atoms with Crippen LogP contribution < -0.4 is 0 Å². The van der Waals surface area contributed by atoms with Crippen molar-refractivity contribution in [3.63, 3.8) is 0 Å². The monoisotopic (exact) mass is 262 g/mol. The number of rotatable bonds is 3. The van der Waals surface area contributed by atoms with Crippen LogP contribution in [0, 0.1) is 11.6 Å². The molecule has 1 aromatic heterocycles. The third-order valence-corrected chi connectivity index (χ3v) is 2.66. The summed E-state index contributed by atoms with van der Waals surface area (Å²) in [7, 11) is 1.53. The summed E-state index contributed by atoms with van der Waals surface area (Å²) >= 11 is 0. The standard InChI is InChI=1S/C14H12F2N2O/c1-18(9-10-3-2-4-11(15)7-10)14(19)12-5-6-17-8-13(12)16/h2-8H,9H2,1H3. The second-order valence-corrected chi connectivity index (χ2v) is 4.15. The maximum absolute atomic E-state index is 13.4. The van der Waals surface area contributed by atoms with E-state index in [-0.39, 0.29) is 17.9 Å². The van der Waals surface area contributed by atoms with Gasteiger partial charge in [0.25, 0.3) is 5.91 Å². The van der Waals surface area contributed by atoms with E-state index in [1.807, 2.05) is 0 Å². The summed E-state index contributed by atoms with van der Waals surface area (Å²) in [6, 6.07) is 7.26. The number of carbonyl (C=O) groups is 1. The summed E-state index contributed by atoms with van der Waals surface area (Å²) in [5.41, 5.74) is 0.596. The molecule has 0 radical (unpaired) electrons. The van der Waals surface area contributed by atoms with Gasteiger partial charge in [-0.1, -0.05) is 12.1 Å². The van der Waals surface area contributed by atoms with Crippen LogP contribution in [0.15, 0.2) is 42.7 Å². The van der Waals surface area contributed by atoms with Crippen LogP contribution in [-0.4, -0.2) is 22.8 Å². The maximum atomic E-state index is 13.4. The molecule has 0 aliphatic carbocycles. The van der Waals surface area contributed by atoms with E-state index in [1.54, 1.807) is 12.1 Å². The largest absolute Gasteiger partial charge is 0.337 e.